The molecule has 8 nitrogen and oxygen atoms in total. The topological polar surface area (TPSA) is 115 Å². The molecule has 1 aliphatic carbocycles. The summed E-state index contributed by atoms with van der Waals surface area (Å²) in [5, 5.41) is 11.0. The van der Waals surface area contributed by atoms with Gasteiger partial charge in [0.15, 0.2) is 0 Å². The number of aromatic amines is 1. The number of halogens is 1. The van der Waals surface area contributed by atoms with Crippen LogP contribution in [0.5, 0.6) is 0 Å². The molecule has 37 heavy (non-hydrogen) atoms. The minimum atomic E-state index is -3.65. The summed E-state index contributed by atoms with van der Waals surface area (Å²) >= 11 is 6.03. The van der Waals surface area contributed by atoms with Gasteiger partial charge in [-0.05, 0) is 67.1 Å². The number of piperidine rings is 1. The Morgan fingerprint density at radius 3 is 2.41 bits per heavy atom. The molecule has 1 aliphatic heterocycles. The summed E-state index contributed by atoms with van der Waals surface area (Å²) in [6.07, 6.45) is 4.53. The van der Waals surface area contributed by atoms with E-state index in [0.717, 1.165) is 46.5 Å². The SMILES string of the molecule is N#CC1(c2ccc(S(=O)(=O)NC3CCN(c4ncnc5[nH]c(-c6ccc(Cl)cc6)cc45)CC3)cc2)CC1. The molecule has 0 radical (unpaired) electrons. The van der Waals surface area contributed by atoms with Gasteiger partial charge in [0.05, 0.1) is 21.8 Å². The third-order valence-corrected chi connectivity index (χ3v) is 9.15. The number of aromatic nitrogens is 3. The molecule has 2 N–H and O–H groups in total. The van der Waals surface area contributed by atoms with Gasteiger partial charge in [-0.1, -0.05) is 35.9 Å². The Bertz CT molecular complexity index is 1600. The Labute approximate surface area is 220 Å². The number of sulfonamides is 1. The van der Waals surface area contributed by atoms with E-state index in [4.69, 9.17) is 11.6 Å². The van der Waals surface area contributed by atoms with Gasteiger partial charge < -0.3 is 9.88 Å². The van der Waals surface area contributed by atoms with E-state index < -0.39 is 15.4 Å². The quantitative estimate of drug-likeness (QED) is 0.369. The van der Waals surface area contributed by atoms with Crippen molar-refractivity contribution < 1.29 is 8.42 Å². The summed E-state index contributed by atoms with van der Waals surface area (Å²) in [5.41, 5.74) is 3.16. The maximum Gasteiger partial charge on any atom is 0.240 e. The van der Waals surface area contributed by atoms with Crippen molar-refractivity contribution in [2.45, 2.75) is 42.0 Å². The highest BCUT2D eigenvalue weighted by molar-refractivity contribution is 7.89. The molecule has 0 unspecified atom stereocenters. The van der Waals surface area contributed by atoms with Crippen LogP contribution in [0.25, 0.3) is 22.3 Å². The monoisotopic (exact) mass is 532 g/mol. The molecule has 4 aromatic rings. The molecule has 2 aromatic carbocycles. The third-order valence-electron chi connectivity index (χ3n) is 7.36. The van der Waals surface area contributed by atoms with Gasteiger partial charge >= 0.3 is 0 Å². The lowest BCUT2D eigenvalue weighted by Crippen LogP contribution is -2.44. The molecule has 0 atom stereocenters. The summed E-state index contributed by atoms with van der Waals surface area (Å²) < 4.78 is 28.9. The van der Waals surface area contributed by atoms with Gasteiger partial charge in [-0.3, -0.25) is 0 Å². The first-order valence-electron chi connectivity index (χ1n) is 12.3. The lowest BCUT2D eigenvalue weighted by Gasteiger charge is -2.33. The van der Waals surface area contributed by atoms with Crippen molar-refractivity contribution in [3.63, 3.8) is 0 Å². The second-order valence-corrected chi connectivity index (χ2v) is 11.9. The molecule has 1 saturated heterocycles. The fourth-order valence-electron chi connectivity index (χ4n) is 5.00. The third kappa shape index (κ3) is 4.57. The number of nitriles is 1. The maximum absolute atomic E-state index is 13.0. The fourth-order valence-corrected chi connectivity index (χ4v) is 6.43. The Hall–Kier alpha value is -3.45. The van der Waals surface area contributed by atoms with Gasteiger partial charge in [0.25, 0.3) is 0 Å². The first kappa shape index (κ1) is 23.9. The van der Waals surface area contributed by atoms with E-state index in [1.807, 2.05) is 30.3 Å². The molecule has 2 aromatic heterocycles. The number of fused-ring (bicyclic) bond motifs is 1. The zero-order chi connectivity index (χ0) is 25.6. The average molecular weight is 533 g/mol. The van der Waals surface area contributed by atoms with E-state index in [1.165, 1.54) is 0 Å². The Morgan fingerprint density at radius 2 is 1.76 bits per heavy atom. The van der Waals surface area contributed by atoms with Crippen molar-refractivity contribution in [3.8, 4) is 17.3 Å². The van der Waals surface area contributed by atoms with Gasteiger partial charge in [0.1, 0.15) is 17.8 Å². The largest absolute Gasteiger partial charge is 0.356 e. The molecule has 1 saturated carbocycles. The van der Waals surface area contributed by atoms with Crippen LogP contribution in [0.1, 0.15) is 31.2 Å². The normalized spacial score (nSPS) is 17.6. The second-order valence-electron chi connectivity index (χ2n) is 9.75. The minimum Gasteiger partial charge on any atom is -0.356 e. The van der Waals surface area contributed by atoms with Crippen LogP contribution in [0.4, 0.5) is 5.82 Å². The molecule has 0 amide bonds. The van der Waals surface area contributed by atoms with Crippen LogP contribution in [0.3, 0.4) is 0 Å². The van der Waals surface area contributed by atoms with Crippen molar-refractivity contribution in [2.75, 3.05) is 18.0 Å². The summed E-state index contributed by atoms with van der Waals surface area (Å²) in [7, 11) is -3.65. The predicted molar refractivity (Wildman–Crippen MR) is 143 cm³/mol. The van der Waals surface area contributed by atoms with Crippen molar-refractivity contribution in [1.82, 2.24) is 19.7 Å². The molecule has 3 heterocycles. The smallest absolute Gasteiger partial charge is 0.240 e. The summed E-state index contributed by atoms with van der Waals surface area (Å²) in [5.74, 6) is 0.838. The molecule has 0 bridgehead atoms. The standard InChI is InChI=1S/C27H25ClN6O2S/c28-20-5-1-18(2-6-20)24-15-23-25(32-24)30-17-31-26(23)34-13-9-21(10-14-34)33-37(35,36)22-7-3-19(4-8-22)27(16-29)11-12-27/h1-8,15,17,21,33H,9-14H2,(H,30,31,32). The van der Waals surface area contributed by atoms with Gasteiger partial charge in [0, 0.05) is 29.8 Å². The van der Waals surface area contributed by atoms with Crippen molar-refractivity contribution in [3.05, 3.63) is 71.5 Å². The van der Waals surface area contributed by atoms with E-state index in [1.54, 1.807) is 30.6 Å². The highest BCUT2D eigenvalue weighted by atomic mass is 35.5. The number of H-pyrrole nitrogens is 1. The second kappa shape index (κ2) is 9.14. The van der Waals surface area contributed by atoms with Crippen LogP contribution in [0.15, 0.2) is 65.8 Å². The van der Waals surface area contributed by atoms with Crippen LogP contribution in [0, 0.1) is 11.3 Å². The predicted octanol–water partition coefficient (Wildman–Crippen LogP) is 4.78. The first-order valence-corrected chi connectivity index (χ1v) is 14.1. The molecule has 10 heteroatoms. The van der Waals surface area contributed by atoms with Crippen LogP contribution in [-0.4, -0.2) is 42.5 Å². The van der Waals surface area contributed by atoms with Crippen LogP contribution in [0.2, 0.25) is 5.02 Å². The molecule has 6 rings (SSSR count). The van der Waals surface area contributed by atoms with Crippen molar-refractivity contribution >= 4 is 38.5 Å². The molecule has 2 aliphatic rings. The summed E-state index contributed by atoms with van der Waals surface area (Å²) in [4.78, 5) is 14.7. The first-order chi connectivity index (χ1) is 17.9. The molecule has 188 valence electrons. The highest BCUT2D eigenvalue weighted by Crippen LogP contribution is 2.47. The van der Waals surface area contributed by atoms with E-state index >= 15 is 0 Å². The van der Waals surface area contributed by atoms with Gasteiger partial charge in [-0.2, -0.15) is 5.26 Å². The number of anilines is 1. The number of hydrogen-bond donors (Lipinski definition) is 2. The molecule has 0 spiro atoms. The summed E-state index contributed by atoms with van der Waals surface area (Å²) in [6.45, 7) is 1.34. The molecular formula is C27H25ClN6O2S. The van der Waals surface area contributed by atoms with E-state index in [0.29, 0.717) is 31.0 Å². The number of hydrogen-bond acceptors (Lipinski definition) is 6. The molecular weight excluding hydrogens is 508 g/mol. The van der Waals surface area contributed by atoms with Gasteiger partial charge in [0.2, 0.25) is 10.0 Å². The Balaban J connectivity index is 1.14. The Morgan fingerprint density at radius 1 is 1.05 bits per heavy atom. The van der Waals surface area contributed by atoms with E-state index in [-0.39, 0.29) is 10.9 Å². The fraction of sp³-hybridized carbons (Fsp3) is 0.296. The van der Waals surface area contributed by atoms with E-state index in [9.17, 15) is 13.7 Å². The van der Waals surface area contributed by atoms with E-state index in [2.05, 4.69) is 30.6 Å². The average Bonchev–Trinajstić information content (AvgIpc) is 3.60. The van der Waals surface area contributed by atoms with Gasteiger partial charge in [-0.15, -0.1) is 0 Å². The Kier molecular flexibility index (Phi) is 5.91. The van der Waals surface area contributed by atoms with Crippen LogP contribution >= 0.6 is 11.6 Å². The van der Waals surface area contributed by atoms with Crippen molar-refractivity contribution in [1.29, 1.82) is 5.26 Å². The number of nitrogens with one attached hydrogen (secondary N) is 2. The van der Waals surface area contributed by atoms with Crippen molar-refractivity contribution in [2.24, 2.45) is 0 Å². The van der Waals surface area contributed by atoms with Crippen LogP contribution in [-0.2, 0) is 15.4 Å². The highest BCUT2D eigenvalue weighted by Gasteiger charge is 2.44. The zero-order valence-corrected chi connectivity index (χ0v) is 21.6. The number of rotatable bonds is 6. The van der Waals surface area contributed by atoms with Gasteiger partial charge in [-0.25, -0.2) is 23.1 Å². The number of nitrogens with zero attached hydrogens (tertiary/aromatic N) is 4. The molecule has 2 fully saturated rings. The zero-order valence-electron chi connectivity index (χ0n) is 20.0. The lowest BCUT2D eigenvalue weighted by molar-refractivity contribution is 0.459. The number of benzene rings is 2. The van der Waals surface area contributed by atoms with Crippen LogP contribution < -0.4 is 9.62 Å². The minimum absolute atomic E-state index is 0.164. The lowest BCUT2D eigenvalue weighted by atomic mass is 9.98. The summed E-state index contributed by atoms with van der Waals surface area (Å²) in [6, 6.07) is 18.6. The maximum atomic E-state index is 13.0.